The van der Waals surface area contributed by atoms with Crippen molar-refractivity contribution in [2.24, 2.45) is 0 Å². The standard InChI is InChI=1S/C26H56N2O10Si2/c1-7-33-39(34-8-2,35-9-3)23-17-19-27-25(29)31-21-15-13-14-16-22-32-26(30)28-20-18-24-40(36-10-4,37-11-5)38-12-6/h7-24H2,1-6H3,(H,27,29)(H,28,30). The molecule has 0 atom stereocenters. The summed E-state index contributed by atoms with van der Waals surface area (Å²) < 4.78 is 45.4. The zero-order valence-electron chi connectivity index (χ0n) is 25.8. The van der Waals surface area contributed by atoms with E-state index in [4.69, 9.17) is 36.0 Å². The maximum atomic E-state index is 11.9. The summed E-state index contributed by atoms with van der Waals surface area (Å²) in [6, 6.07) is 1.28. The minimum atomic E-state index is -2.69. The molecule has 14 heteroatoms. The highest BCUT2D eigenvalue weighted by molar-refractivity contribution is 6.61. The number of unbranched alkanes of at least 4 members (excludes halogenated alkanes) is 3. The Labute approximate surface area is 244 Å². The summed E-state index contributed by atoms with van der Waals surface area (Å²) in [5, 5.41) is 5.53. The molecule has 0 aliphatic carbocycles. The second-order valence-corrected chi connectivity index (χ2v) is 14.2. The highest BCUT2D eigenvalue weighted by Crippen LogP contribution is 2.18. The quantitative estimate of drug-likeness (QED) is 0.0977. The first-order valence-electron chi connectivity index (χ1n) is 15.0. The molecule has 238 valence electrons. The van der Waals surface area contributed by atoms with Crippen LogP contribution in [-0.2, 0) is 36.0 Å². The van der Waals surface area contributed by atoms with Gasteiger partial charge in [0.25, 0.3) is 0 Å². The van der Waals surface area contributed by atoms with Gasteiger partial charge in [0.05, 0.1) is 13.2 Å². The van der Waals surface area contributed by atoms with Crippen LogP contribution in [0.25, 0.3) is 0 Å². The van der Waals surface area contributed by atoms with E-state index in [1.807, 2.05) is 41.5 Å². The lowest BCUT2D eigenvalue weighted by Crippen LogP contribution is -2.46. The molecular formula is C26H56N2O10Si2. The molecule has 0 spiro atoms. The van der Waals surface area contributed by atoms with Gasteiger partial charge in [0, 0.05) is 64.8 Å². The third-order valence-electron chi connectivity index (χ3n) is 5.55. The Balaban J connectivity index is 3.86. The van der Waals surface area contributed by atoms with Crippen LogP contribution in [0.5, 0.6) is 0 Å². The molecule has 0 aromatic rings. The van der Waals surface area contributed by atoms with Crippen molar-refractivity contribution in [2.75, 3.05) is 65.9 Å². The van der Waals surface area contributed by atoms with Gasteiger partial charge in [-0.05, 0) is 80.1 Å². The van der Waals surface area contributed by atoms with Crippen LogP contribution in [0.15, 0.2) is 0 Å². The van der Waals surface area contributed by atoms with Gasteiger partial charge in [-0.15, -0.1) is 0 Å². The van der Waals surface area contributed by atoms with Crippen LogP contribution in [0.4, 0.5) is 9.59 Å². The van der Waals surface area contributed by atoms with Gasteiger partial charge in [0.15, 0.2) is 0 Å². The Bertz CT molecular complexity index is 548. The number of ether oxygens (including phenoxy) is 2. The Morgan fingerprint density at radius 3 is 1.05 bits per heavy atom. The lowest BCUT2D eigenvalue weighted by atomic mass is 10.2. The number of rotatable bonds is 27. The molecule has 0 bridgehead atoms. The minimum Gasteiger partial charge on any atom is -0.450 e. The van der Waals surface area contributed by atoms with E-state index in [2.05, 4.69) is 10.6 Å². The summed E-state index contributed by atoms with van der Waals surface area (Å²) in [5.41, 5.74) is 0. The number of carbonyl (C=O) groups excluding carboxylic acids is 2. The van der Waals surface area contributed by atoms with E-state index >= 15 is 0 Å². The van der Waals surface area contributed by atoms with Crippen LogP contribution < -0.4 is 10.6 Å². The van der Waals surface area contributed by atoms with Crippen LogP contribution >= 0.6 is 0 Å². The third-order valence-corrected chi connectivity index (χ3v) is 11.9. The second-order valence-electron chi connectivity index (χ2n) is 8.71. The zero-order chi connectivity index (χ0) is 30.0. The maximum absolute atomic E-state index is 11.9. The fourth-order valence-corrected chi connectivity index (χ4v) is 9.21. The van der Waals surface area contributed by atoms with Crippen LogP contribution in [0.3, 0.4) is 0 Å². The molecule has 0 aliphatic heterocycles. The van der Waals surface area contributed by atoms with E-state index in [0.29, 0.717) is 90.9 Å². The van der Waals surface area contributed by atoms with Gasteiger partial charge in [0.1, 0.15) is 0 Å². The molecule has 0 aromatic carbocycles. The molecule has 40 heavy (non-hydrogen) atoms. The van der Waals surface area contributed by atoms with E-state index in [1.165, 1.54) is 0 Å². The second kappa shape index (κ2) is 25.4. The summed E-state index contributed by atoms with van der Waals surface area (Å²) in [6.07, 6.45) is 3.77. The molecule has 0 aliphatic rings. The Kier molecular flexibility index (Phi) is 24.6. The molecule has 0 radical (unpaired) electrons. The van der Waals surface area contributed by atoms with Crippen molar-refractivity contribution < 1.29 is 45.6 Å². The molecule has 0 heterocycles. The fourth-order valence-electron chi connectivity index (χ4n) is 3.98. The Hall–Kier alpha value is -1.27. The van der Waals surface area contributed by atoms with Crippen LogP contribution in [0, 0.1) is 0 Å². The topological polar surface area (TPSA) is 132 Å². The first kappa shape index (κ1) is 38.7. The van der Waals surface area contributed by atoms with Crippen molar-refractivity contribution >= 4 is 29.8 Å². The van der Waals surface area contributed by atoms with Crippen LogP contribution in [-0.4, -0.2) is 95.7 Å². The van der Waals surface area contributed by atoms with Crippen LogP contribution in [0.1, 0.15) is 80.1 Å². The molecular weight excluding hydrogens is 556 g/mol. The monoisotopic (exact) mass is 612 g/mol. The van der Waals surface area contributed by atoms with E-state index < -0.39 is 29.8 Å². The fraction of sp³-hybridized carbons (Fsp3) is 0.923. The number of amides is 2. The van der Waals surface area contributed by atoms with Gasteiger partial charge in [-0.3, -0.25) is 0 Å². The lowest BCUT2D eigenvalue weighted by Gasteiger charge is -2.28. The van der Waals surface area contributed by atoms with Crippen molar-refractivity contribution in [2.45, 2.75) is 92.2 Å². The molecule has 2 N–H and O–H groups in total. The predicted molar refractivity (Wildman–Crippen MR) is 157 cm³/mol. The maximum Gasteiger partial charge on any atom is 0.500 e. The van der Waals surface area contributed by atoms with Gasteiger partial charge < -0.3 is 46.7 Å². The molecule has 0 aromatic heterocycles. The zero-order valence-corrected chi connectivity index (χ0v) is 27.8. The van der Waals surface area contributed by atoms with Crippen molar-refractivity contribution in [1.82, 2.24) is 10.6 Å². The normalized spacial score (nSPS) is 11.8. The smallest absolute Gasteiger partial charge is 0.450 e. The van der Waals surface area contributed by atoms with E-state index in [0.717, 1.165) is 25.7 Å². The number of hydrogen-bond acceptors (Lipinski definition) is 10. The largest absolute Gasteiger partial charge is 0.500 e. The molecule has 0 rings (SSSR count). The summed E-state index contributed by atoms with van der Waals surface area (Å²) >= 11 is 0. The van der Waals surface area contributed by atoms with Gasteiger partial charge in [-0.1, -0.05) is 0 Å². The van der Waals surface area contributed by atoms with Gasteiger partial charge in [-0.2, -0.15) is 0 Å². The Morgan fingerprint density at radius 1 is 0.475 bits per heavy atom. The first-order valence-corrected chi connectivity index (χ1v) is 18.9. The van der Waals surface area contributed by atoms with Gasteiger partial charge in [0.2, 0.25) is 0 Å². The van der Waals surface area contributed by atoms with Crippen molar-refractivity contribution in [3.05, 3.63) is 0 Å². The molecule has 2 amide bonds. The van der Waals surface area contributed by atoms with Gasteiger partial charge >= 0.3 is 29.8 Å². The molecule has 0 unspecified atom stereocenters. The number of alkyl carbamates (subject to hydrolysis) is 2. The molecule has 0 fully saturated rings. The average molecular weight is 613 g/mol. The summed E-state index contributed by atoms with van der Waals surface area (Å²) in [6.45, 7) is 16.3. The molecule has 12 nitrogen and oxygen atoms in total. The lowest BCUT2D eigenvalue weighted by molar-refractivity contribution is 0.0699. The SMILES string of the molecule is CCO[Si](CCCNC(=O)OCCCCCCOC(=O)NCCC[Si](OCC)(OCC)OCC)(OCC)OCC. The molecule has 0 saturated carbocycles. The van der Waals surface area contributed by atoms with E-state index in [-0.39, 0.29) is 0 Å². The van der Waals surface area contributed by atoms with Crippen molar-refractivity contribution in [3.63, 3.8) is 0 Å². The van der Waals surface area contributed by atoms with Crippen LogP contribution in [0.2, 0.25) is 12.1 Å². The molecule has 0 saturated heterocycles. The third kappa shape index (κ3) is 19.0. The first-order chi connectivity index (χ1) is 19.4. The van der Waals surface area contributed by atoms with Gasteiger partial charge in [-0.25, -0.2) is 9.59 Å². The summed E-state index contributed by atoms with van der Waals surface area (Å²) in [7, 11) is -5.37. The Morgan fingerprint density at radius 2 is 0.775 bits per heavy atom. The van der Waals surface area contributed by atoms with Crippen molar-refractivity contribution in [1.29, 1.82) is 0 Å². The highest BCUT2D eigenvalue weighted by Gasteiger charge is 2.40. The minimum absolute atomic E-state index is 0.346. The number of hydrogen-bond donors (Lipinski definition) is 2. The number of nitrogens with one attached hydrogen (secondary N) is 2. The summed E-state index contributed by atoms with van der Waals surface area (Å²) in [5.74, 6) is 0. The van der Waals surface area contributed by atoms with Crippen molar-refractivity contribution in [3.8, 4) is 0 Å². The summed E-state index contributed by atoms with van der Waals surface area (Å²) in [4.78, 5) is 23.8. The predicted octanol–water partition coefficient (Wildman–Crippen LogP) is 4.88. The number of carbonyl (C=O) groups is 2. The highest BCUT2D eigenvalue weighted by atomic mass is 28.4. The average Bonchev–Trinajstić information content (AvgIpc) is 2.91. The van der Waals surface area contributed by atoms with E-state index in [9.17, 15) is 9.59 Å². The van der Waals surface area contributed by atoms with E-state index in [1.54, 1.807) is 0 Å².